The lowest BCUT2D eigenvalue weighted by Crippen LogP contribution is -2.32. The molecule has 0 atom stereocenters. The Bertz CT molecular complexity index is 1210. The molecular formula is C18H12BrN7O3S. The number of aryl methyl sites for hydroxylation is 1. The van der Waals surface area contributed by atoms with Crippen molar-refractivity contribution in [2.45, 2.75) is 5.03 Å². The fourth-order valence-electron chi connectivity index (χ4n) is 2.60. The van der Waals surface area contributed by atoms with Crippen molar-refractivity contribution < 1.29 is 19.1 Å². The molecule has 0 fully saturated rings. The number of halogens is 1. The van der Waals surface area contributed by atoms with Crippen LogP contribution in [0.4, 0.5) is 11.5 Å². The molecule has 0 aliphatic carbocycles. The number of pyridine rings is 1. The zero-order valence-corrected chi connectivity index (χ0v) is 17.7. The Labute approximate surface area is 183 Å². The van der Waals surface area contributed by atoms with Crippen molar-refractivity contribution in [3.05, 3.63) is 39.9 Å². The SMILES string of the molecule is C[n+]1noc([O-])c1-c1c(C#N)c(N)nc(SCC(=O)Nc2ccccc2Br)c1C#N. The highest BCUT2D eigenvalue weighted by Gasteiger charge is 2.29. The van der Waals surface area contributed by atoms with E-state index < -0.39 is 5.95 Å². The summed E-state index contributed by atoms with van der Waals surface area (Å²) in [6.45, 7) is 0. The minimum Gasteiger partial charge on any atom is -0.539 e. The van der Waals surface area contributed by atoms with Crippen LogP contribution in [0.2, 0.25) is 0 Å². The van der Waals surface area contributed by atoms with Crippen LogP contribution >= 0.6 is 27.7 Å². The molecule has 0 unspecified atom stereocenters. The Balaban J connectivity index is 1.97. The van der Waals surface area contributed by atoms with Crippen LogP contribution in [0.25, 0.3) is 11.3 Å². The lowest BCUT2D eigenvalue weighted by molar-refractivity contribution is -0.730. The smallest absolute Gasteiger partial charge is 0.266 e. The van der Waals surface area contributed by atoms with Gasteiger partial charge < -0.3 is 20.7 Å². The summed E-state index contributed by atoms with van der Waals surface area (Å²) in [5.74, 6) is -1.45. The quantitative estimate of drug-likeness (QED) is 0.400. The molecule has 3 aromatic rings. The van der Waals surface area contributed by atoms with Crippen molar-refractivity contribution in [2.24, 2.45) is 7.05 Å². The number of benzene rings is 1. The van der Waals surface area contributed by atoms with E-state index in [0.29, 0.717) is 10.2 Å². The maximum Gasteiger partial charge on any atom is 0.266 e. The summed E-state index contributed by atoms with van der Waals surface area (Å²) in [5.41, 5.74) is 6.11. The number of nitrogens with one attached hydrogen (secondary N) is 1. The molecule has 0 saturated heterocycles. The van der Waals surface area contributed by atoms with Gasteiger partial charge in [-0.05, 0) is 28.1 Å². The molecule has 1 aromatic carbocycles. The van der Waals surface area contributed by atoms with Gasteiger partial charge in [0.15, 0.2) is 13.0 Å². The van der Waals surface area contributed by atoms with Gasteiger partial charge in [0.1, 0.15) is 28.5 Å². The van der Waals surface area contributed by atoms with Crippen molar-refractivity contribution in [2.75, 3.05) is 16.8 Å². The van der Waals surface area contributed by atoms with Gasteiger partial charge in [0.25, 0.3) is 5.69 Å². The minimum absolute atomic E-state index is 0.0324. The number of anilines is 2. The lowest BCUT2D eigenvalue weighted by Gasteiger charge is -2.11. The summed E-state index contributed by atoms with van der Waals surface area (Å²) >= 11 is 4.29. The molecule has 0 saturated carbocycles. The highest BCUT2D eigenvalue weighted by Crippen LogP contribution is 2.36. The number of aromatic nitrogens is 3. The Morgan fingerprint density at radius 3 is 2.67 bits per heavy atom. The molecule has 3 N–H and O–H groups in total. The van der Waals surface area contributed by atoms with Crippen LogP contribution in [0.1, 0.15) is 11.1 Å². The van der Waals surface area contributed by atoms with E-state index in [-0.39, 0.29) is 44.9 Å². The number of thioether (sulfide) groups is 1. The highest BCUT2D eigenvalue weighted by atomic mass is 79.9. The van der Waals surface area contributed by atoms with Gasteiger partial charge in [-0.25, -0.2) is 4.98 Å². The fourth-order valence-corrected chi connectivity index (χ4v) is 3.78. The third-order valence-corrected chi connectivity index (χ3v) is 5.57. The number of carbonyl (C=O) groups is 1. The van der Waals surface area contributed by atoms with E-state index in [4.69, 9.17) is 5.73 Å². The molecule has 0 aliphatic rings. The monoisotopic (exact) mass is 485 g/mol. The predicted octanol–water partition coefficient (Wildman–Crippen LogP) is 1.45. The number of nitrogen functional groups attached to an aromatic ring is 1. The van der Waals surface area contributed by atoms with E-state index in [1.54, 1.807) is 18.2 Å². The van der Waals surface area contributed by atoms with E-state index in [2.05, 4.69) is 36.0 Å². The van der Waals surface area contributed by atoms with Gasteiger partial charge in [-0.3, -0.25) is 4.79 Å². The molecular weight excluding hydrogens is 474 g/mol. The number of nitrogens with two attached hydrogens (primary N) is 1. The van der Waals surface area contributed by atoms with Crippen molar-refractivity contribution in [1.82, 2.24) is 10.3 Å². The standard InChI is InChI=1S/C18H12BrN7O3S/c1-26-15(18(28)29-25-26)14-9(6-20)16(22)24-17(10(14)7-21)30-8-13(27)23-12-5-3-2-4-11(12)19/h2-5H,8H2,1H3,(H3-,22,23,24,25,27,28). The largest absolute Gasteiger partial charge is 0.539 e. The number of rotatable bonds is 5. The normalized spacial score (nSPS) is 10.3. The fraction of sp³-hybridized carbons (Fsp3) is 0.111. The summed E-state index contributed by atoms with van der Waals surface area (Å²) < 4.78 is 6.43. The second-order valence-electron chi connectivity index (χ2n) is 5.80. The summed E-state index contributed by atoms with van der Waals surface area (Å²) in [6.07, 6.45) is 0. The minimum atomic E-state index is -0.835. The van der Waals surface area contributed by atoms with E-state index >= 15 is 0 Å². The predicted molar refractivity (Wildman–Crippen MR) is 108 cm³/mol. The van der Waals surface area contributed by atoms with E-state index in [1.165, 1.54) is 7.05 Å². The second-order valence-corrected chi connectivity index (χ2v) is 7.62. The van der Waals surface area contributed by atoms with Gasteiger partial charge in [0, 0.05) is 4.47 Å². The molecule has 0 bridgehead atoms. The van der Waals surface area contributed by atoms with Gasteiger partial charge in [0.2, 0.25) is 5.91 Å². The van der Waals surface area contributed by atoms with Crippen molar-refractivity contribution in [1.29, 1.82) is 10.5 Å². The first kappa shape index (κ1) is 21.1. The molecule has 2 heterocycles. The molecule has 3 rings (SSSR count). The molecule has 150 valence electrons. The summed E-state index contributed by atoms with van der Waals surface area (Å²) in [4.78, 5) is 16.4. The number of para-hydroxylation sites is 1. The molecule has 2 aromatic heterocycles. The molecule has 10 nitrogen and oxygen atoms in total. The zero-order chi connectivity index (χ0) is 21.8. The number of nitrogens with zero attached hydrogens (tertiary/aromatic N) is 5. The first-order valence-electron chi connectivity index (χ1n) is 8.21. The average molecular weight is 486 g/mol. The molecule has 12 heteroatoms. The number of carbonyl (C=O) groups excluding carboxylic acids is 1. The van der Waals surface area contributed by atoms with E-state index in [0.717, 1.165) is 16.4 Å². The molecule has 1 amide bonds. The second kappa shape index (κ2) is 8.82. The molecule has 0 radical (unpaired) electrons. The maximum atomic E-state index is 12.3. The van der Waals surface area contributed by atoms with Crippen LogP contribution in [0.5, 0.6) is 5.95 Å². The van der Waals surface area contributed by atoms with Crippen LogP contribution in [0, 0.1) is 22.7 Å². The van der Waals surface area contributed by atoms with E-state index in [1.807, 2.05) is 18.2 Å². The first-order valence-corrected chi connectivity index (χ1v) is 9.99. The zero-order valence-electron chi connectivity index (χ0n) is 15.3. The average Bonchev–Trinajstić information content (AvgIpc) is 3.05. The van der Waals surface area contributed by atoms with Crippen molar-refractivity contribution >= 4 is 45.1 Å². The summed E-state index contributed by atoms with van der Waals surface area (Å²) in [7, 11) is 1.43. The number of nitriles is 2. The third kappa shape index (κ3) is 4.05. The van der Waals surface area contributed by atoms with Gasteiger partial charge in [0.05, 0.1) is 27.8 Å². The maximum absolute atomic E-state index is 12.3. The first-order chi connectivity index (χ1) is 14.4. The van der Waals surface area contributed by atoms with Crippen molar-refractivity contribution in [3.63, 3.8) is 0 Å². The Kier molecular flexibility index (Phi) is 6.20. The lowest BCUT2D eigenvalue weighted by atomic mass is 10.0. The molecule has 0 spiro atoms. The molecule has 0 aliphatic heterocycles. The topological polar surface area (TPSA) is 169 Å². The highest BCUT2D eigenvalue weighted by molar-refractivity contribution is 9.10. The summed E-state index contributed by atoms with van der Waals surface area (Å²) in [5, 5.41) is 37.6. The van der Waals surface area contributed by atoms with Gasteiger partial charge in [-0.15, -0.1) is 0 Å². The number of hydrogen-bond donors (Lipinski definition) is 2. The third-order valence-electron chi connectivity index (χ3n) is 3.90. The van der Waals surface area contributed by atoms with Gasteiger partial charge >= 0.3 is 0 Å². The van der Waals surface area contributed by atoms with Crippen LogP contribution in [-0.2, 0) is 11.8 Å². The van der Waals surface area contributed by atoms with Crippen molar-refractivity contribution in [3.8, 4) is 29.3 Å². The number of amides is 1. The number of hydrogen-bond acceptors (Lipinski definition) is 9. The summed E-state index contributed by atoms with van der Waals surface area (Å²) in [6, 6.07) is 10.9. The Morgan fingerprint density at radius 2 is 2.07 bits per heavy atom. The Hall–Kier alpha value is -3.61. The van der Waals surface area contributed by atoms with Gasteiger partial charge in [-0.1, -0.05) is 28.6 Å². The van der Waals surface area contributed by atoms with Gasteiger partial charge in [-0.2, -0.15) is 10.5 Å². The Morgan fingerprint density at radius 1 is 1.37 bits per heavy atom. The molecule has 30 heavy (non-hydrogen) atoms. The van der Waals surface area contributed by atoms with Crippen LogP contribution in [0.3, 0.4) is 0 Å². The van der Waals surface area contributed by atoms with Crippen LogP contribution in [0.15, 0.2) is 38.3 Å². The van der Waals surface area contributed by atoms with Crippen LogP contribution < -0.4 is 20.8 Å². The van der Waals surface area contributed by atoms with Crippen LogP contribution in [-0.4, -0.2) is 21.9 Å². The van der Waals surface area contributed by atoms with E-state index in [9.17, 15) is 20.4 Å².